The minimum Gasteiger partial charge on any atom is -0.492 e. The molecule has 0 saturated carbocycles. The van der Waals surface area contributed by atoms with Crippen molar-refractivity contribution in [1.82, 2.24) is 19.9 Å². The Balaban J connectivity index is 1.96. The summed E-state index contributed by atoms with van der Waals surface area (Å²) in [5.41, 5.74) is 3.02. The van der Waals surface area contributed by atoms with Crippen LogP contribution in [0.15, 0.2) is 55.0 Å². The molecule has 0 fully saturated rings. The summed E-state index contributed by atoms with van der Waals surface area (Å²) in [6.45, 7) is 2.40. The number of hydrogen-bond acceptors (Lipinski definition) is 6. The van der Waals surface area contributed by atoms with Crippen LogP contribution in [0.3, 0.4) is 0 Å². The van der Waals surface area contributed by atoms with E-state index in [4.69, 9.17) is 4.74 Å². The molecule has 0 radical (unpaired) electrons. The lowest BCUT2D eigenvalue weighted by molar-refractivity contribution is 0.344. The van der Waals surface area contributed by atoms with Gasteiger partial charge in [-0.15, -0.1) is 0 Å². The van der Waals surface area contributed by atoms with Crippen molar-refractivity contribution in [3.8, 4) is 28.4 Å². The summed E-state index contributed by atoms with van der Waals surface area (Å²) in [5.74, 6) is 1.46. The van der Waals surface area contributed by atoms with Crippen molar-refractivity contribution in [2.24, 2.45) is 0 Å². The minimum atomic E-state index is -0.276. The minimum absolute atomic E-state index is 0.276. The molecule has 2 aromatic carbocycles. The van der Waals surface area contributed by atoms with E-state index < -0.39 is 0 Å². The van der Waals surface area contributed by atoms with Crippen LogP contribution in [0.5, 0.6) is 5.75 Å². The lowest BCUT2D eigenvalue weighted by Crippen LogP contribution is -2.02. The number of rotatable bonds is 5. The molecule has 0 unspecified atom stereocenters. The van der Waals surface area contributed by atoms with Gasteiger partial charge in [-0.05, 0) is 42.3 Å². The molecule has 0 aliphatic heterocycles. The van der Waals surface area contributed by atoms with Gasteiger partial charge in [-0.25, -0.2) is 19.3 Å². The van der Waals surface area contributed by atoms with E-state index in [0.717, 1.165) is 16.5 Å². The second-order valence-electron chi connectivity index (χ2n) is 6.05. The summed E-state index contributed by atoms with van der Waals surface area (Å²) < 4.78 is 19.2. The molecule has 6 nitrogen and oxygen atoms in total. The van der Waals surface area contributed by atoms with E-state index >= 15 is 0 Å². The topological polar surface area (TPSA) is 72.8 Å². The number of benzene rings is 2. The molecule has 4 aromatic rings. The van der Waals surface area contributed by atoms with Crippen LogP contribution < -0.4 is 10.1 Å². The third-order valence-electron chi connectivity index (χ3n) is 4.27. The summed E-state index contributed by atoms with van der Waals surface area (Å²) in [5, 5.41) is 3.93. The van der Waals surface area contributed by atoms with Gasteiger partial charge in [-0.3, -0.25) is 4.98 Å². The Bertz CT molecular complexity index is 1120. The molecular weight excluding hydrogens is 357 g/mol. The van der Waals surface area contributed by atoms with Crippen molar-refractivity contribution in [2.45, 2.75) is 6.92 Å². The number of fused-ring (bicyclic) bond motifs is 1. The summed E-state index contributed by atoms with van der Waals surface area (Å²) in [6.07, 6.45) is 4.82. The molecule has 0 atom stereocenters. The fraction of sp³-hybridized carbons (Fsp3) is 0.143. The maximum absolute atomic E-state index is 13.3. The summed E-state index contributed by atoms with van der Waals surface area (Å²) in [4.78, 5) is 17.7. The third-order valence-corrected chi connectivity index (χ3v) is 4.27. The van der Waals surface area contributed by atoms with Crippen LogP contribution in [0.25, 0.3) is 33.5 Å². The third kappa shape index (κ3) is 3.34. The smallest absolute Gasteiger partial charge is 0.182 e. The maximum atomic E-state index is 13.3. The predicted octanol–water partition coefficient (Wildman–Crippen LogP) is 4.33. The van der Waals surface area contributed by atoms with Gasteiger partial charge in [0.25, 0.3) is 0 Å². The number of nitrogens with one attached hydrogen (secondary N) is 1. The lowest BCUT2D eigenvalue weighted by atomic mass is 10.0. The van der Waals surface area contributed by atoms with Crippen molar-refractivity contribution in [2.75, 3.05) is 19.0 Å². The molecule has 7 heteroatoms. The maximum Gasteiger partial charge on any atom is 0.182 e. The highest BCUT2D eigenvalue weighted by atomic mass is 19.1. The zero-order chi connectivity index (χ0) is 19.5. The second kappa shape index (κ2) is 7.56. The van der Waals surface area contributed by atoms with Crippen LogP contribution in [0, 0.1) is 5.82 Å². The molecule has 4 rings (SSSR count). The fourth-order valence-corrected chi connectivity index (χ4v) is 2.99. The SMILES string of the molecule is CCOc1cc(-c2ccc(F)cc2)cc2c(NC)nc(-c3cnccn3)nc12. The van der Waals surface area contributed by atoms with Crippen molar-refractivity contribution in [3.05, 3.63) is 60.8 Å². The molecular formula is C21H18FN5O. The Morgan fingerprint density at radius 2 is 1.86 bits per heavy atom. The zero-order valence-electron chi connectivity index (χ0n) is 15.5. The van der Waals surface area contributed by atoms with Crippen LogP contribution in [0.1, 0.15) is 6.92 Å². The first-order valence-corrected chi connectivity index (χ1v) is 8.88. The fourth-order valence-electron chi connectivity index (χ4n) is 2.99. The first kappa shape index (κ1) is 17.8. The Morgan fingerprint density at radius 1 is 1.04 bits per heavy atom. The number of nitrogens with zero attached hydrogens (tertiary/aromatic N) is 4. The molecule has 0 spiro atoms. The first-order chi connectivity index (χ1) is 13.7. The molecule has 0 aliphatic rings. The van der Waals surface area contributed by atoms with E-state index in [0.29, 0.717) is 35.2 Å². The number of anilines is 1. The lowest BCUT2D eigenvalue weighted by Gasteiger charge is -2.14. The van der Waals surface area contributed by atoms with Crippen molar-refractivity contribution < 1.29 is 9.13 Å². The van der Waals surface area contributed by atoms with Crippen LogP contribution in [-0.2, 0) is 0 Å². The molecule has 2 heterocycles. The van der Waals surface area contributed by atoms with Crippen LogP contribution in [0.4, 0.5) is 10.2 Å². The van der Waals surface area contributed by atoms with Gasteiger partial charge in [0.05, 0.1) is 12.8 Å². The van der Waals surface area contributed by atoms with Gasteiger partial charge in [-0.1, -0.05) is 12.1 Å². The Morgan fingerprint density at radius 3 is 2.54 bits per heavy atom. The van der Waals surface area contributed by atoms with E-state index in [1.165, 1.54) is 12.1 Å². The predicted molar refractivity (Wildman–Crippen MR) is 107 cm³/mol. The highest BCUT2D eigenvalue weighted by molar-refractivity contribution is 5.97. The molecule has 140 valence electrons. The molecule has 0 bridgehead atoms. The van der Waals surface area contributed by atoms with E-state index in [1.807, 2.05) is 19.1 Å². The van der Waals surface area contributed by atoms with Gasteiger partial charge in [0, 0.05) is 24.8 Å². The number of halogens is 1. The van der Waals surface area contributed by atoms with Crippen LogP contribution in [0.2, 0.25) is 0 Å². The second-order valence-corrected chi connectivity index (χ2v) is 6.05. The van der Waals surface area contributed by atoms with E-state index in [2.05, 4.69) is 25.3 Å². The van der Waals surface area contributed by atoms with Gasteiger partial charge in [0.15, 0.2) is 5.82 Å². The van der Waals surface area contributed by atoms with Gasteiger partial charge >= 0.3 is 0 Å². The quantitative estimate of drug-likeness (QED) is 0.560. The summed E-state index contributed by atoms with van der Waals surface area (Å²) >= 11 is 0. The van der Waals surface area contributed by atoms with E-state index in [1.54, 1.807) is 37.8 Å². The van der Waals surface area contributed by atoms with E-state index in [9.17, 15) is 4.39 Å². The standard InChI is InChI=1S/C21H18FN5O/c1-3-28-18-11-14(13-4-6-15(22)7-5-13)10-16-19(18)26-21(27-20(16)23-2)17-12-24-8-9-25-17/h4-12H,3H2,1-2H3,(H,23,26,27). The Hall–Kier alpha value is -3.61. The van der Waals surface area contributed by atoms with Crippen LogP contribution >= 0.6 is 0 Å². The average Bonchev–Trinajstić information content (AvgIpc) is 2.74. The number of aromatic nitrogens is 4. The van der Waals surface area contributed by atoms with E-state index in [-0.39, 0.29) is 5.82 Å². The number of hydrogen-bond donors (Lipinski definition) is 1. The van der Waals surface area contributed by atoms with Gasteiger partial charge < -0.3 is 10.1 Å². The monoisotopic (exact) mass is 375 g/mol. The first-order valence-electron chi connectivity index (χ1n) is 8.88. The van der Waals surface area contributed by atoms with Crippen molar-refractivity contribution in [3.63, 3.8) is 0 Å². The molecule has 0 aliphatic carbocycles. The molecule has 1 N–H and O–H groups in total. The average molecular weight is 375 g/mol. The van der Waals surface area contributed by atoms with Gasteiger partial charge in [0.2, 0.25) is 0 Å². The van der Waals surface area contributed by atoms with Crippen molar-refractivity contribution >= 4 is 16.7 Å². The zero-order valence-corrected chi connectivity index (χ0v) is 15.5. The summed E-state index contributed by atoms with van der Waals surface area (Å²) in [6, 6.07) is 10.2. The highest BCUT2D eigenvalue weighted by Crippen LogP contribution is 2.35. The largest absolute Gasteiger partial charge is 0.492 e. The number of ether oxygens (including phenoxy) is 1. The molecule has 0 saturated heterocycles. The van der Waals surface area contributed by atoms with Gasteiger partial charge in [-0.2, -0.15) is 0 Å². The molecule has 2 aromatic heterocycles. The normalized spacial score (nSPS) is 10.8. The van der Waals surface area contributed by atoms with Crippen molar-refractivity contribution in [1.29, 1.82) is 0 Å². The molecule has 28 heavy (non-hydrogen) atoms. The summed E-state index contributed by atoms with van der Waals surface area (Å²) in [7, 11) is 1.80. The van der Waals surface area contributed by atoms with Gasteiger partial charge in [0.1, 0.15) is 28.6 Å². The Kier molecular flexibility index (Phi) is 4.80. The molecule has 0 amide bonds. The van der Waals surface area contributed by atoms with Crippen LogP contribution in [-0.4, -0.2) is 33.6 Å². The highest BCUT2D eigenvalue weighted by Gasteiger charge is 2.16. The Labute approximate surface area is 161 Å².